The fraction of sp³-hybridized carbons (Fsp3) is 0.921. The van der Waals surface area contributed by atoms with Crippen molar-refractivity contribution in [2.75, 3.05) is 6.61 Å². The molecule has 288 valence electrons. The van der Waals surface area contributed by atoms with E-state index in [1.165, 1.54) is 6.92 Å². The van der Waals surface area contributed by atoms with Gasteiger partial charge in [0.15, 0.2) is 6.29 Å². The van der Waals surface area contributed by atoms with Gasteiger partial charge in [-0.2, -0.15) is 0 Å². The molecule has 5 rings (SSSR count). The summed E-state index contributed by atoms with van der Waals surface area (Å²) >= 11 is 0. The summed E-state index contributed by atoms with van der Waals surface area (Å²) in [5.41, 5.74) is -1.94. The third-order valence-corrected chi connectivity index (χ3v) is 15.3. The first kappa shape index (κ1) is 40.0. The van der Waals surface area contributed by atoms with E-state index >= 15 is 0 Å². The van der Waals surface area contributed by atoms with E-state index in [0.717, 1.165) is 38.5 Å². The highest BCUT2D eigenvalue weighted by molar-refractivity contribution is 5.65. The van der Waals surface area contributed by atoms with Crippen LogP contribution in [0.2, 0.25) is 0 Å². The molecule has 1 heterocycles. The SMILES string of the molecule is C=C(C)[C@H](CC[C@@](C)(O)[C@H]1CC[C@]2(C)[C@@H]1CC[C@@H]1[C@@]3(C)[C@H](O)[C@@H](O)[C@H](O[C@@H]4O[C@H](COC(C)=O)[C@@H](O)[C@H](O)[C@H]4O)C(C)(C)[C@@H]3CC[C@]12C)OO. The minimum absolute atomic E-state index is 0.0665. The molecule has 7 N–H and O–H groups in total. The monoisotopic (exact) mass is 712 g/mol. The van der Waals surface area contributed by atoms with Crippen LogP contribution >= 0.6 is 0 Å². The summed E-state index contributed by atoms with van der Waals surface area (Å²) in [7, 11) is 0. The van der Waals surface area contributed by atoms with Gasteiger partial charge >= 0.3 is 5.97 Å². The minimum Gasteiger partial charge on any atom is -0.463 e. The Morgan fingerprint density at radius 1 is 0.900 bits per heavy atom. The van der Waals surface area contributed by atoms with Gasteiger partial charge in [-0.05, 0) is 111 Å². The first-order valence-corrected chi connectivity index (χ1v) is 18.6. The number of rotatable bonds is 10. The summed E-state index contributed by atoms with van der Waals surface area (Å²) in [6.45, 7) is 19.3. The normalized spacial score (nSPS) is 48.8. The number of hydrogen-bond donors (Lipinski definition) is 7. The molecule has 50 heavy (non-hydrogen) atoms. The van der Waals surface area contributed by atoms with Crippen LogP contribution in [-0.4, -0.2) is 109 Å². The lowest BCUT2D eigenvalue weighted by Gasteiger charge is -2.71. The molecule has 5 aliphatic rings. The van der Waals surface area contributed by atoms with Gasteiger partial charge in [0.1, 0.15) is 43.2 Å². The highest BCUT2D eigenvalue weighted by Gasteiger charge is 2.73. The molecule has 12 nitrogen and oxygen atoms in total. The van der Waals surface area contributed by atoms with Crippen LogP contribution in [0.1, 0.15) is 107 Å². The molecule has 1 saturated heterocycles. The molecular formula is C38H64O12. The summed E-state index contributed by atoms with van der Waals surface area (Å²) in [6, 6.07) is 0. The molecule has 0 spiro atoms. The quantitative estimate of drug-likeness (QED) is 0.0575. The lowest BCUT2D eigenvalue weighted by molar-refractivity contribution is -0.355. The first-order valence-electron chi connectivity index (χ1n) is 18.6. The molecular weight excluding hydrogens is 648 g/mol. The van der Waals surface area contributed by atoms with E-state index in [0.29, 0.717) is 18.4 Å². The number of aliphatic hydroxyl groups is 6. The number of fused-ring (bicyclic) bond motifs is 5. The van der Waals surface area contributed by atoms with Crippen molar-refractivity contribution in [3.05, 3.63) is 12.2 Å². The summed E-state index contributed by atoms with van der Waals surface area (Å²) in [6.07, 6.45) is -5.33. The second-order valence-corrected chi connectivity index (χ2v) is 18.1. The average Bonchev–Trinajstić information content (AvgIpc) is 3.40. The van der Waals surface area contributed by atoms with Gasteiger partial charge in [0.2, 0.25) is 0 Å². The Morgan fingerprint density at radius 2 is 1.54 bits per heavy atom. The smallest absolute Gasteiger partial charge is 0.302 e. The van der Waals surface area contributed by atoms with Crippen LogP contribution in [0.3, 0.4) is 0 Å². The number of carbonyl (C=O) groups excluding carboxylic acids is 1. The highest BCUT2D eigenvalue weighted by atomic mass is 17.1. The maximum absolute atomic E-state index is 12.2. The van der Waals surface area contributed by atoms with Gasteiger partial charge < -0.3 is 44.8 Å². The molecule has 17 atom stereocenters. The average molecular weight is 713 g/mol. The van der Waals surface area contributed by atoms with Crippen molar-refractivity contribution >= 4 is 5.97 Å². The van der Waals surface area contributed by atoms with E-state index < -0.39 is 77.5 Å². The zero-order chi connectivity index (χ0) is 37.4. The van der Waals surface area contributed by atoms with Gasteiger partial charge in [-0.3, -0.25) is 10.1 Å². The maximum Gasteiger partial charge on any atom is 0.302 e. The molecule has 12 heteroatoms. The lowest BCUT2D eigenvalue weighted by atomic mass is 9.34. The molecule has 0 radical (unpaired) electrons. The van der Waals surface area contributed by atoms with Crippen molar-refractivity contribution in [1.29, 1.82) is 0 Å². The molecule has 0 aromatic rings. The number of hydrogen-bond acceptors (Lipinski definition) is 12. The van der Waals surface area contributed by atoms with Gasteiger partial charge in [-0.15, -0.1) is 0 Å². The fourth-order valence-electron chi connectivity index (χ4n) is 12.3. The van der Waals surface area contributed by atoms with E-state index in [1.54, 1.807) is 6.92 Å². The third kappa shape index (κ3) is 6.21. The Morgan fingerprint density at radius 3 is 2.14 bits per heavy atom. The van der Waals surface area contributed by atoms with Gasteiger partial charge in [-0.1, -0.05) is 41.2 Å². The van der Waals surface area contributed by atoms with E-state index in [2.05, 4.69) is 32.2 Å². The van der Waals surface area contributed by atoms with Crippen molar-refractivity contribution in [3.8, 4) is 0 Å². The molecule has 5 fully saturated rings. The molecule has 1 aliphatic heterocycles. The molecule has 4 saturated carbocycles. The second kappa shape index (κ2) is 13.9. The van der Waals surface area contributed by atoms with E-state index in [4.69, 9.17) is 14.2 Å². The van der Waals surface area contributed by atoms with Crippen LogP contribution < -0.4 is 0 Å². The molecule has 0 bridgehead atoms. The van der Waals surface area contributed by atoms with Crippen LogP contribution in [0, 0.1) is 45.3 Å². The van der Waals surface area contributed by atoms with Crippen molar-refractivity contribution in [2.45, 2.75) is 167 Å². The van der Waals surface area contributed by atoms with Crippen LogP contribution in [0.25, 0.3) is 0 Å². The summed E-state index contributed by atoms with van der Waals surface area (Å²) < 4.78 is 17.1. The highest BCUT2D eigenvalue weighted by Crippen LogP contribution is 2.76. The number of esters is 1. The van der Waals surface area contributed by atoms with Crippen LogP contribution in [-0.2, 0) is 23.9 Å². The fourth-order valence-corrected chi connectivity index (χ4v) is 12.3. The Kier molecular flexibility index (Phi) is 11.1. The van der Waals surface area contributed by atoms with Gasteiger partial charge in [0.25, 0.3) is 0 Å². The van der Waals surface area contributed by atoms with Gasteiger partial charge in [0, 0.05) is 12.3 Å². The molecule has 0 amide bonds. The Hall–Kier alpha value is -1.19. The standard InChI is InChI=1S/C38H64O12/c1-19(2)23(50-46)13-17-37(8,45)22-12-15-35(6)21(22)10-11-26-36(35,7)16-14-25-34(4,5)32(30(43)31(44)38(25,26)9)49-33-29(42)28(41)27(40)24(48-33)18-47-20(3)39/h21-33,40-46H,1,10-18H2,2-9H3/t21-,22+,23+,24-,25+,26+,27-,28+,29-,30-,31-,32+,33+,35-,36-,37-,38+/m1/s1. The van der Waals surface area contributed by atoms with Crippen LogP contribution in [0.15, 0.2) is 12.2 Å². The summed E-state index contributed by atoms with van der Waals surface area (Å²) in [5.74, 6) is -0.278. The molecule has 0 aromatic carbocycles. The lowest BCUT2D eigenvalue weighted by Crippen LogP contribution is -2.73. The zero-order valence-corrected chi connectivity index (χ0v) is 31.2. The zero-order valence-electron chi connectivity index (χ0n) is 31.2. The second-order valence-electron chi connectivity index (χ2n) is 18.1. The van der Waals surface area contributed by atoms with Crippen LogP contribution in [0.5, 0.6) is 0 Å². The maximum atomic E-state index is 12.2. The predicted octanol–water partition coefficient (Wildman–Crippen LogP) is 3.33. The van der Waals surface area contributed by atoms with Crippen LogP contribution in [0.4, 0.5) is 0 Å². The largest absolute Gasteiger partial charge is 0.463 e. The summed E-state index contributed by atoms with van der Waals surface area (Å²) in [5, 5.41) is 77.4. The van der Waals surface area contributed by atoms with Crippen molar-refractivity contribution in [1.82, 2.24) is 0 Å². The van der Waals surface area contributed by atoms with E-state index in [-0.39, 0.29) is 41.1 Å². The number of carbonyl (C=O) groups is 1. The van der Waals surface area contributed by atoms with Crippen molar-refractivity contribution in [3.63, 3.8) is 0 Å². The Bertz CT molecular complexity index is 1260. The topological polar surface area (TPSA) is 196 Å². The Labute approximate surface area is 297 Å². The number of ether oxygens (including phenoxy) is 3. The minimum atomic E-state index is -1.65. The van der Waals surface area contributed by atoms with Crippen molar-refractivity contribution < 1.29 is 59.8 Å². The molecule has 0 aromatic heterocycles. The van der Waals surface area contributed by atoms with E-state index in [9.17, 15) is 40.7 Å². The molecule has 0 unspecified atom stereocenters. The predicted molar refractivity (Wildman–Crippen MR) is 182 cm³/mol. The molecule has 4 aliphatic carbocycles. The van der Waals surface area contributed by atoms with Gasteiger partial charge in [-0.25, -0.2) is 4.89 Å². The Balaban J connectivity index is 1.38. The summed E-state index contributed by atoms with van der Waals surface area (Å²) in [4.78, 5) is 16.1. The van der Waals surface area contributed by atoms with Crippen molar-refractivity contribution in [2.24, 2.45) is 45.3 Å². The third-order valence-electron chi connectivity index (χ3n) is 15.3. The van der Waals surface area contributed by atoms with E-state index in [1.807, 2.05) is 20.8 Å². The first-order chi connectivity index (χ1) is 23.1. The number of aliphatic hydroxyl groups excluding tert-OH is 5. The van der Waals surface area contributed by atoms with Gasteiger partial charge in [0.05, 0.1) is 17.8 Å².